The second-order valence-corrected chi connectivity index (χ2v) is 4.39. The summed E-state index contributed by atoms with van der Waals surface area (Å²) in [5.74, 6) is 0.593. The van der Waals surface area contributed by atoms with Crippen LogP contribution in [0.4, 0.5) is 4.79 Å². The van der Waals surface area contributed by atoms with E-state index in [0.717, 1.165) is 13.0 Å². The van der Waals surface area contributed by atoms with Gasteiger partial charge in [-0.2, -0.15) is 0 Å². The van der Waals surface area contributed by atoms with E-state index in [4.69, 9.17) is 9.47 Å². The average Bonchev–Trinajstić information content (AvgIpc) is 2.37. The predicted molar refractivity (Wildman–Crippen MR) is 51.0 cm³/mol. The fourth-order valence-electron chi connectivity index (χ4n) is 2.05. The van der Waals surface area contributed by atoms with Gasteiger partial charge in [0.15, 0.2) is 6.10 Å². The molecule has 0 saturated carbocycles. The molecule has 0 N–H and O–H groups in total. The zero-order chi connectivity index (χ0) is 10.1. The second kappa shape index (κ2) is 3.77. The first-order valence-corrected chi connectivity index (χ1v) is 5.22. The van der Waals surface area contributed by atoms with Crippen molar-refractivity contribution < 1.29 is 14.3 Å². The third-order valence-corrected chi connectivity index (χ3v) is 2.89. The van der Waals surface area contributed by atoms with Crippen LogP contribution in [0, 0.1) is 5.92 Å². The van der Waals surface area contributed by atoms with Crippen LogP contribution in [0.25, 0.3) is 0 Å². The van der Waals surface area contributed by atoms with Crippen molar-refractivity contribution in [3.8, 4) is 0 Å². The maximum Gasteiger partial charge on any atom is 0.410 e. The molecular weight excluding hydrogens is 182 g/mol. The Morgan fingerprint density at radius 3 is 2.57 bits per heavy atom. The Labute approximate surface area is 84.2 Å². The molecule has 0 aromatic carbocycles. The Balaban J connectivity index is 1.84. The summed E-state index contributed by atoms with van der Waals surface area (Å²) < 4.78 is 10.2. The molecule has 0 aliphatic carbocycles. The largest absolute Gasteiger partial charge is 0.441 e. The molecule has 2 heterocycles. The van der Waals surface area contributed by atoms with Gasteiger partial charge in [0.25, 0.3) is 0 Å². The van der Waals surface area contributed by atoms with Crippen molar-refractivity contribution in [2.75, 3.05) is 19.8 Å². The monoisotopic (exact) mass is 199 g/mol. The summed E-state index contributed by atoms with van der Waals surface area (Å²) in [4.78, 5) is 13.5. The van der Waals surface area contributed by atoms with E-state index in [9.17, 15) is 4.79 Å². The fraction of sp³-hybridized carbons (Fsp3) is 0.900. The van der Waals surface area contributed by atoms with Crippen LogP contribution in [0.1, 0.15) is 20.3 Å². The van der Waals surface area contributed by atoms with Crippen molar-refractivity contribution in [3.63, 3.8) is 0 Å². The number of nitrogens with zero attached hydrogens (tertiary/aromatic N) is 1. The molecule has 2 atom stereocenters. The van der Waals surface area contributed by atoms with Crippen molar-refractivity contribution in [1.82, 2.24) is 4.90 Å². The minimum atomic E-state index is -0.171. The number of hydrogen-bond donors (Lipinski definition) is 0. The highest BCUT2D eigenvalue weighted by molar-refractivity contribution is 5.68. The molecule has 0 spiro atoms. The van der Waals surface area contributed by atoms with E-state index in [1.165, 1.54) is 0 Å². The van der Waals surface area contributed by atoms with Crippen molar-refractivity contribution in [2.45, 2.75) is 32.4 Å². The molecule has 1 amide bonds. The summed E-state index contributed by atoms with van der Waals surface area (Å²) in [6, 6.07) is 0.318. The highest BCUT2D eigenvalue weighted by Crippen LogP contribution is 2.23. The van der Waals surface area contributed by atoms with Gasteiger partial charge in [0, 0.05) is 12.6 Å². The van der Waals surface area contributed by atoms with Gasteiger partial charge in [-0.1, -0.05) is 6.92 Å². The van der Waals surface area contributed by atoms with Gasteiger partial charge in [-0.3, -0.25) is 0 Å². The lowest BCUT2D eigenvalue weighted by atomic mass is 10.1. The number of hydrogen-bond acceptors (Lipinski definition) is 3. The average molecular weight is 199 g/mol. The van der Waals surface area contributed by atoms with Crippen LogP contribution in [-0.4, -0.2) is 42.9 Å². The number of amides is 1. The molecule has 2 rings (SSSR count). The number of carbonyl (C=O) groups excluding carboxylic acids is 1. The van der Waals surface area contributed by atoms with Crippen LogP contribution in [-0.2, 0) is 9.47 Å². The van der Waals surface area contributed by atoms with Gasteiger partial charge in [-0.15, -0.1) is 0 Å². The van der Waals surface area contributed by atoms with Crippen molar-refractivity contribution >= 4 is 6.09 Å². The third kappa shape index (κ3) is 1.85. The molecule has 80 valence electrons. The number of likely N-dealkylation sites (tertiary alicyclic amines) is 1. The number of ether oxygens (including phenoxy) is 2. The van der Waals surface area contributed by atoms with E-state index < -0.39 is 0 Å². The van der Waals surface area contributed by atoms with Gasteiger partial charge in [-0.25, -0.2) is 4.79 Å². The molecule has 2 aliphatic rings. The first kappa shape index (κ1) is 9.77. The van der Waals surface area contributed by atoms with E-state index in [2.05, 4.69) is 13.8 Å². The topological polar surface area (TPSA) is 38.8 Å². The Bertz CT molecular complexity index is 227. The van der Waals surface area contributed by atoms with E-state index in [1.807, 2.05) is 4.90 Å². The third-order valence-electron chi connectivity index (χ3n) is 2.89. The highest BCUT2D eigenvalue weighted by Gasteiger charge is 2.33. The second-order valence-electron chi connectivity index (χ2n) is 4.39. The summed E-state index contributed by atoms with van der Waals surface area (Å²) in [6.45, 7) is 6.18. The normalized spacial score (nSPS) is 32.9. The first-order valence-electron chi connectivity index (χ1n) is 5.22. The predicted octanol–water partition coefficient (Wildman–Crippen LogP) is 1.25. The maximum atomic E-state index is 11.7. The van der Waals surface area contributed by atoms with Crippen LogP contribution in [0.5, 0.6) is 0 Å². The zero-order valence-corrected chi connectivity index (χ0v) is 8.73. The fourth-order valence-corrected chi connectivity index (χ4v) is 2.05. The lowest BCUT2D eigenvalue weighted by molar-refractivity contribution is -0.105. The quantitative estimate of drug-likeness (QED) is 0.638. The molecule has 2 aliphatic heterocycles. The minimum absolute atomic E-state index is 0.00870. The van der Waals surface area contributed by atoms with E-state index in [-0.39, 0.29) is 12.2 Å². The minimum Gasteiger partial charge on any atom is -0.441 e. The van der Waals surface area contributed by atoms with Gasteiger partial charge < -0.3 is 14.4 Å². The van der Waals surface area contributed by atoms with Crippen LogP contribution in [0.3, 0.4) is 0 Å². The lowest BCUT2D eigenvalue weighted by Gasteiger charge is -2.29. The highest BCUT2D eigenvalue weighted by atomic mass is 16.6. The Hall–Kier alpha value is -0.770. The van der Waals surface area contributed by atoms with Crippen molar-refractivity contribution in [1.29, 1.82) is 0 Å². The van der Waals surface area contributed by atoms with Crippen LogP contribution >= 0.6 is 0 Å². The van der Waals surface area contributed by atoms with Crippen LogP contribution in [0.2, 0.25) is 0 Å². The van der Waals surface area contributed by atoms with E-state index in [0.29, 0.717) is 25.2 Å². The van der Waals surface area contributed by atoms with E-state index in [1.54, 1.807) is 0 Å². The molecule has 2 fully saturated rings. The molecule has 14 heavy (non-hydrogen) atoms. The standard InChI is InChI=1S/C10H17NO3/c1-7-3-8(2)11(4-7)10(12)14-9-5-13-6-9/h7-9H,3-6H2,1-2H3. The molecule has 0 bridgehead atoms. The molecule has 2 unspecified atom stereocenters. The molecule has 4 heteroatoms. The summed E-state index contributed by atoms with van der Waals surface area (Å²) in [5, 5.41) is 0. The lowest BCUT2D eigenvalue weighted by Crippen LogP contribution is -2.43. The maximum absolute atomic E-state index is 11.7. The smallest absolute Gasteiger partial charge is 0.410 e. The Morgan fingerprint density at radius 2 is 2.14 bits per heavy atom. The van der Waals surface area contributed by atoms with E-state index >= 15 is 0 Å². The summed E-state index contributed by atoms with van der Waals surface area (Å²) >= 11 is 0. The van der Waals surface area contributed by atoms with Crippen LogP contribution < -0.4 is 0 Å². The van der Waals surface area contributed by atoms with Gasteiger partial charge in [0.2, 0.25) is 0 Å². The van der Waals surface area contributed by atoms with Crippen LogP contribution in [0.15, 0.2) is 0 Å². The SMILES string of the molecule is CC1CC(C)N(C(=O)OC2COC2)C1. The molecule has 0 radical (unpaired) electrons. The van der Waals surface area contributed by atoms with Crippen molar-refractivity contribution in [3.05, 3.63) is 0 Å². The van der Waals surface area contributed by atoms with Gasteiger partial charge in [-0.05, 0) is 19.3 Å². The number of carbonyl (C=O) groups is 1. The van der Waals surface area contributed by atoms with Crippen molar-refractivity contribution in [2.24, 2.45) is 5.92 Å². The molecule has 4 nitrogen and oxygen atoms in total. The molecule has 0 aromatic heterocycles. The summed E-state index contributed by atoms with van der Waals surface area (Å²) in [7, 11) is 0. The Kier molecular flexibility index (Phi) is 2.63. The molecular formula is C10H17NO3. The molecule has 2 saturated heterocycles. The van der Waals surface area contributed by atoms with Gasteiger partial charge >= 0.3 is 6.09 Å². The zero-order valence-electron chi connectivity index (χ0n) is 8.73. The number of rotatable bonds is 1. The summed E-state index contributed by atoms with van der Waals surface area (Å²) in [5.41, 5.74) is 0. The van der Waals surface area contributed by atoms with Gasteiger partial charge in [0.05, 0.1) is 13.2 Å². The summed E-state index contributed by atoms with van der Waals surface area (Å²) in [6.07, 6.45) is 0.900. The van der Waals surface area contributed by atoms with Gasteiger partial charge in [0.1, 0.15) is 0 Å². The Morgan fingerprint density at radius 1 is 1.43 bits per heavy atom. The first-order chi connectivity index (χ1) is 6.66. The molecule has 0 aromatic rings.